The monoisotopic (exact) mass is 379 g/mol. The van der Waals surface area contributed by atoms with E-state index in [0.717, 1.165) is 25.3 Å². The summed E-state index contributed by atoms with van der Waals surface area (Å²) in [5.41, 5.74) is 1.18. The summed E-state index contributed by atoms with van der Waals surface area (Å²) in [6.07, 6.45) is 8.31. The van der Waals surface area contributed by atoms with E-state index in [-0.39, 0.29) is 30.8 Å². The fraction of sp³-hybridized carbons (Fsp3) is 0.600. The van der Waals surface area contributed by atoms with E-state index in [1.807, 2.05) is 24.1 Å². The number of hydrogen-bond donors (Lipinski definition) is 2. The summed E-state index contributed by atoms with van der Waals surface area (Å²) in [6.45, 7) is 1.19. The summed E-state index contributed by atoms with van der Waals surface area (Å²) in [6, 6.07) is 7.62. The van der Waals surface area contributed by atoms with Gasteiger partial charge in [-0.1, -0.05) is 31.4 Å². The Kier molecular flexibility index (Phi) is 7.91. The minimum absolute atomic E-state index is 0. The molecule has 2 amide bonds. The number of para-hydroxylation sites is 1. The molecule has 2 fully saturated rings. The lowest BCUT2D eigenvalue weighted by Crippen LogP contribution is -2.38. The van der Waals surface area contributed by atoms with Crippen molar-refractivity contribution in [2.24, 2.45) is 5.92 Å². The molecule has 5 nitrogen and oxygen atoms in total. The molecule has 0 aliphatic heterocycles. The zero-order valence-electron chi connectivity index (χ0n) is 15.5. The van der Waals surface area contributed by atoms with Crippen LogP contribution in [0.1, 0.15) is 55.3 Å². The molecule has 2 aliphatic rings. The first-order valence-corrected chi connectivity index (χ1v) is 9.52. The van der Waals surface area contributed by atoms with Crippen molar-refractivity contribution in [3.8, 4) is 0 Å². The Bertz CT molecular complexity index is 613. The third kappa shape index (κ3) is 5.71. The highest BCUT2D eigenvalue weighted by Gasteiger charge is 2.25. The summed E-state index contributed by atoms with van der Waals surface area (Å²) < 4.78 is 0. The normalized spacial score (nSPS) is 17.3. The number of halogens is 1. The van der Waals surface area contributed by atoms with Crippen molar-refractivity contribution in [3.63, 3.8) is 0 Å². The van der Waals surface area contributed by atoms with E-state index in [4.69, 9.17) is 0 Å². The summed E-state index contributed by atoms with van der Waals surface area (Å²) >= 11 is 0. The van der Waals surface area contributed by atoms with Crippen molar-refractivity contribution < 1.29 is 9.59 Å². The van der Waals surface area contributed by atoms with Gasteiger partial charge in [-0.3, -0.25) is 9.59 Å². The highest BCUT2D eigenvalue weighted by Crippen LogP contribution is 2.27. The van der Waals surface area contributed by atoms with Crippen LogP contribution < -0.4 is 10.6 Å². The van der Waals surface area contributed by atoms with Gasteiger partial charge in [-0.2, -0.15) is 0 Å². The number of rotatable bonds is 7. The van der Waals surface area contributed by atoms with Crippen LogP contribution in [-0.4, -0.2) is 42.9 Å². The molecular weight excluding hydrogens is 350 g/mol. The van der Waals surface area contributed by atoms with E-state index < -0.39 is 0 Å². The smallest absolute Gasteiger partial charge is 0.255 e. The van der Waals surface area contributed by atoms with Gasteiger partial charge in [0.1, 0.15) is 0 Å². The Morgan fingerprint density at radius 3 is 2.46 bits per heavy atom. The fourth-order valence-corrected chi connectivity index (χ4v) is 3.51. The van der Waals surface area contributed by atoms with Crippen molar-refractivity contribution >= 4 is 29.9 Å². The molecule has 0 spiro atoms. The first-order chi connectivity index (χ1) is 12.1. The van der Waals surface area contributed by atoms with Crippen molar-refractivity contribution in [2.75, 3.05) is 25.5 Å². The van der Waals surface area contributed by atoms with Gasteiger partial charge in [0, 0.05) is 13.1 Å². The molecule has 0 aromatic heterocycles. The number of nitrogens with zero attached hydrogens (tertiary/aromatic N) is 1. The molecule has 2 aliphatic carbocycles. The van der Waals surface area contributed by atoms with E-state index >= 15 is 0 Å². The average Bonchev–Trinajstić information content (AvgIpc) is 3.46. The molecule has 0 saturated heterocycles. The Morgan fingerprint density at radius 1 is 1.08 bits per heavy atom. The molecule has 26 heavy (non-hydrogen) atoms. The van der Waals surface area contributed by atoms with E-state index in [2.05, 4.69) is 10.6 Å². The fourth-order valence-electron chi connectivity index (χ4n) is 3.51. The van der Waals surface area contributed by atoms with E-state index in [9.17, 15) is 9.59 Å². The van der Waals surface area contributed by atoms with E-state index in [0.29, 0.717) is 17.3 Å². The lowest BCUT2D eigenvalue weighted by molar-refractivity contribution is -0.115. The predicted molar refractivity (Wildman–Crippen MR) is 107 cm³/mol. The van der Waals surface area contributed by atoms with Gasteiger partial charge >= 0.3 is 0 Å². The predicted octanol–water partition coefficient (Wildman–Crippen LogP) is 3.45. The second-order valence-corrected chi connectivity index (χ2v) is 7.38. The molecule has 1 aromatic carbocycles. The van der Waals surface area contributed by atoms with Crippen LogP contribution in [0.2, 0.25) is 0 Å². The molecule has 3 rings (SSSR count). The molecule has 0 radical (unpaired) electrons. The largest absolute Gasteiger partial charge is 0.339 e. The maximum absolute atomic E-state index is 12.9. The van der Waals surface area contributed by atoms with Crippen LogP contribution in [0.3, 0.4) is 0 Å². The third-order valence-electron chi connectivity index (χ3n) is 5.29. The molecule has 0 atom stereocenters. The SMILES string of the molecule is CN(C(=O)c1ccccc1NC(=O)CNCC1CC1)C1CCCCC1.Cl. The Hall–Kier alpha value is -1.59. The zero-order chi connectivity index (χ0) is 17.6. The van der Waals surface area contributed by atoms with Crippen LogP contribution in [-0.2, 0) is 4.79 Å². The van der Waals surface area contributed by atoms with Gasteiger partial charge in [0.15, 0.2) is 0 Å². The molecule has 2 N–H and O–H groups in total. The lowest BCUT2D eigenvalue weighted by atomic mass is 9.94. The number of amides is 2. The molecule has 0 heterocycles. The summed E-state index contributed by atoms with van der Waals surface area (Å²) in [4.78, 5) is 26.9. The summed E-state index contributed by atoms with van der Waals surface area (Å²) in [5, 5.41) is 6.08. The molecule has 2 saturated carbocycles. The van der Waals surface area contributed by atoms with Crippen LogP contribution in [0.5, 0.6) is 0 Å². The lowest BCUT2D eigenvalue weighted by Gasteiger charge is -2.31. The van der Waals surface area contributed by atoms with Crippen LogP contribution >= 0.6 is 12.4 Å². The molecule has 0 bridgehead atoms. The molecule has 144 valence electrons. The van der Waals surface area contributed by atoms with Gasteiger partial charge in [-0.15, -0.1) is 12.4 Å². The maximum Gasteiger partial charge on any atom is 0.255 e. The van der Waals surface area contributed by atoms with Gasteiger partial charge < -0.3 is 15.5 Å². The topological polar surface area (TPSA) is 61.4 Å². The van der Waals surface area contributed by atoms with Gasteiger partial charge in [0.2, 0.25) is 5.91 Å². The van der Waals surface area contributed by atoms with Crippen molar-refractivity contribution in [3.05, 3.63) is 29.8 Å². The van der Waals surface area contributed by atoms with E-state index in [1.54, 1.807) is 12.1 Å². The first kappa shape index (κ1) is 20.7. The highest BCUT2D eigenvalue weighted by atomic mass is 35.5. The Labute approximate surface area is 162 Å². The van der Waals surface area contributed by atoms with Crippen LogP contribution in [0.4, 0.5) is 5.69 Å². The number of carbonyl (C=O) groups excluding carboxylic acids is 2. The Morgan fingerprint density at radius 2 is 1.77 bits per heavy atom. The standard InChI is InChI=1S/C20H29N3O2.ClH/c1-23(16-7-3-2-4-8-16)20(25)17-9-5-6-10-18(17)22-19(24)14-21-13-15-11-12-15;/h5-6,9-10,15-16,21H,2-4,7-8,11-14H2,1H3,(H,22,24);1H. The second-order valence-electron chi connectivity index (χ2n) is 7.38. The minimum Gasteiger partial charge on any atom is -0.339 e. The number of anilines is 1. The Balaban J connectivity index is 0.00000243. The van der Waals surface area contributed by atoms with Gasteiger partial charge in [0.25, 0.3) is 5.91 Å². The summed E-state index contributed by atoms with van der Waals surface area (Å²) in [5.74, 6) is 0.640. The van der Waals surface area contributed by atoms with Crippen molar-refractivity contribution in [1.82, 2.24) is 10.2 Å². The quantitative estimate of drug-likeness (QED) is 0.762. The second kappa shape index (κ2) is 9.93. The van der Waals surface area contributed by atoms with Gasteiger partial charge in [-0.05, 0) is 50.3 Å². The number of nitrogens with one attached hydrogen (secondary N) is 2. The molecule has 6 heteroatoms. The van der Waals surface area contributed by atoms with Crippen molar-refractivity contribution in [2.45, 2.75) is 51.0 Å². The molecular formula is C20H30ClN3O2. The zero-order valence-corrected chi connectivity index (χ0v) is 16.3. The van der Waals surface area contributed by atoms with E-state index in [1.165, 1.54) is 32.1 Å². The number of hydrogen-bond acceptors (Lipinski definition) is 3. The van der Waals surface area contributed by atoms with Crippen LogP contribution in [0.15, 0.2) is 24.3 Å². The van der Waals surface area contributed by atoms with Gasteiger partial charge in [-0.25, -0.2) is 0 Å². The average molecular weight is 380 g/mol. The molecule has 0 unspecified atom stereocenters. The highest BCUT2D eigenvalue weighted by molar-refractivity contribution is 6.04. The minimum atomic E-state index is -0.0961. The van der Waals surface area contributed by atoms with Crippen molar-refractivity contribution in [1.29, 1.82) is 0 Å². The van der Waals surface area contributed by atoms with Gasteiger partial charge in [0.05, 0.1) is 17.8 Å². The summed E-state index contributed by atoms with van der Waals surface area (Å²) in [7, 11) is 1.88. The molecule has 1 aromatic rings. The third-order valence-corrected chi connectivity index (χ3v) is 5.29. The van der Waals surface area contributed by atoms with Crippen LogP contribution in [0, 0.1) is 5.92 Å². The maximum atomic E-state index is 12.9. The number of carbonyl (C=O) groups is 2. The first-order valence-electron chi connectivity index (χ1n) is 9.52. The van der Waals surface area contributed by atoms with Crippen LogP contribution in [0.25, 0.3) is 0 Å². The number of benzene rings is 1.